The van der Waals surface area contributed by atoms with Crippen LogP contribution in [0.5, 0.6) is 5.88 Å². The van der Waals surface area contributed by atoms with Gasteiger partial charge in [0.25, 0.3) is 5.91 Å². The SMILES string of the molecule is CCN(C(=O)c1cccc(F)c1-n1nccn1)C(C)COc1ncc(C(F)(F)F)cc1Cl. The van der Waals surface area contributed by atoms with Gasteiger partial charge in [0.05, 0.1) is 29.6 Å². The smallest absolute Gasteiger partial charge is 0.417 e. The molecule has 2 aromatic heterocycles. The fourth-order valence-electron chi connectivity index (χ4n) is 3.01. The number of carbonyl (C=O) groups excluding carboxylic acids is 1. The number of alkyl halides is 3. The lowest BCUT2D eigenvalue weighted by Crippen LogP contribution is -2.42. The lowest BCUT2D eigenvalue weighted by atomic mass is 10.1. The predicted molar refractivity (Wildman–Crippen MR) is 107 cm³/mol. The number of rotatable bonds is 7. The van der Waals surface area contributed by atoms with E-state index < -0.39 is 29.5 Å². The number of pyridine rings is 1. The van der Waals surface area contributed by atoms with Gasteiger partial charge in [0.1, 0.15) is 17.3 Å². The lowest BCUT2D eigenvalue weighted by Gasteiger charge is -2.28. The first-order chi connectivity index (χ1) is 15.1. The molecule has 12 heteroatoms. The van der Waals surface area contributed by atoms with Gasteiger partial charge in [-0.3, -0.25) is 4.79 Å². The van der Waals surface area contributed by atoms with Gasteiger partial charge in [0.15, 0.2) is 5.82 Å². The number of likely N-dealkylation sites (N-methyl/N-ethyl adjacent to an activating group) is 1. The number of ether oxygens (including phenoxy) is 1. The zero-order valence-electron chi connectivity index (χ0n) is 17.0. The number of hydrogen-bond acceptors (Lipinski definition) is 5. The number of benzene rings is 1. The Morgan fingerprint density at radius 3 is 2.56 bits per heavy atom. The summed E-state index contributed by atoms with van der Waals surface area (Å²) in [5, 5.41) is 7.49. The van der Waals surface area contributed by atoms with E-state index in [1.54, 1.807) is 13.8 Å². The monoisotopic (exact) mass is 471 g/mol. The molecule has 7 nitrogen and oxygen atoms in total. The van der Waals surface area contributed by atoms with E-state index in [1.807, 2.05) is 0 Å². The Morgan fingerprint density at radius 2 is 1.97 bits per heavy atom. The zero-order chi connectivity index (χ0) is 23.5. The maximum absolute atomic E-state index is 14.5. The standard InChI is InChI=1S/C20H18ClF4N5O2/c1-3-29(12(2)11-32-18-15(21)9-13(10-26-18)20(23,24)25)19(31)14-5-4-6-16(22)17(14)30-27-7-8-28-30/h4-10,12H,3,11H2,1-2H3. The first-order valence-electron chi connectivity index (χ1n) is 9.45. The van der Waals surface area contributed by atoms with Crippen LogP contribution < -0.4 is 4.74 Å². The van der Waals surface area contributed by atoms with Gasteiger partial charge in [-0.05, 0) is 32.0 Å². The van der Waals surface area contributed by atoms with Crippen LogP contribution in [-0.4, -0.2) is 50.0 Å². The molecular weight excluding hydrogens is 454 g/mol. The second kappa shape index (κ2) is 9.51. The van der Waals surface area contributed by atoms with Crippen molar-refractivity contribution in [2.75, 3.05) is 13.2 Å². The lowest BCUT2D eigenvalue weighted by molar-refractivity contribution is -0.137. The van der Waals surface area contributed by atoms with Crippen LogP contribution in [0.3, 0.4) is 0 Å². The Labute approximate surface area is 185 Å². The summed E-state index contributed by atoms with van der Waals surface area (Å²) in [5.41, 5.74) is -1.05. The van der Waals surface area contributed by atoms with Crippen LogP contribution >= 0.6 is 11.6 Å². The molecular formula is C20H18ClF4N5O2. The number of nitrogens with zero attached hydrogens (tertiary/aromatic N) is 5. The van der Waals surface area contributed by atoms with E-state index in [-0.39, 0.29) is 35.3 Å². The Hall–Kier alpha value is -3.21. The topological polar surface area (TPSA) is 73.1 Å². The minimum atomic E-state index is -4.58. The summed E-state index contributed by atoms with van der Waals surface area (Å²) in [6.07, 6.45) is -1.25. The molecule has 0 aliphatic heterocycles. The van der Waals surface area contributed by atoms with Gasteiger partial charge in [-0.15, -0.1) is 4.80 Å². The van der Waals surface area contributed by atoms with E-state index in [4.69, 9.17) is 16.3 Å². The molecule has 170 valence electrons. The third kappa shape index (κ3) is 4.98. The molecule has 0 aliphatic carbocycles. The first kappa shape index (κ1) is 23.5. The molecule has 1 atom stereocenters. The van der Waals surface area contributed by atoms with Gasteiger partial charge >= 0.3 is 6.18 Å². The number of aromatic nitrogens is 4. The summed E-state index contributed by atoms with van der Waals surface area (Å²) in [5.74, 6) is -1.36. The highest BCUT2D eigenvalue weighted by atomic mass is 35.5. The molecule has 0 aliphatic rings. The van der Waals surface area contributed by atoms with E-state index in [0.29, 0.717) is 12.3 Å². The average molecular weight is 472 g/mol. The quantitative estimate of drug-likeness (QED) is 0.477. The molecule has 2 heterocycles. The molecule has 0 saturated heterocycles. The highest BCUT2D eigenvalue weighted by Crippen LogP contribution is 2.33. The number of hydrogen-bond donors (Lipinski definition) is 0. The number of amides is 1. The van der Waals surface area contributed by atoms with Gasteiger partial charge in [-0.1, -0.05) is 17.7 Å². The number of carbonyl (C=O) groups is 1. The summed E-state index contributed by atoms with van der Waals surface area (Å²) in [6.45, 7) is 3.54. The van der Waals surface area contributed by atoms with Crippen LogP contribution in [-0.2, 0) is 6.18 Å². The van der Waals surface area contributed by atoms with Gasteiger partial charge in [0.2, 0.25) is 5.88 Å². The third-order valence-electron chi connectivity index (χ3n) is 4.57. The summed E-state index contributed by atoms with van der Waals surface area (Å²) in [6, 6.07) is 4.21. The van der Waals surface area contributed by atoms with Crippen molar-refractivity contribution in [1.29, 1.82) is 0 Å². The minimum absolute atomic E-state index is 0.0422. The fraction of sp³-hybridized carbons (Fsp3) is 0.300. The molecule has 0 spiro atoms. The summed E-state index contributed by atoms with van der Waals surface area (Å²) in [7, 11) is 0. The molecule has 0 N–H and O–H groups in total. The highest BCUT2D eigenvalue weighted by Gasteiger charge is 2.32. The third-order valence-corrected chi connectivity index (χ3v) is 4.84. The molecule has 3 rings (SSSR count). The maximum Gasteiger partial charge on any atom is 0.417 e. The van der Waals surface area contributed by atoms with Crippen LogP contribution in [0.25, 0.3) is 5.69 Å². The number of halogens is 5. The second-order valence-corrected chi connectivity index (χ2v) is 7.12. The molecule has 1 amide bonds. The molecule has 3 aromatic rings. The number of para-hydroxylation sites is 1. The molecule has 0 fully saturated rings. The highest BCUT2D eigenvalue weighted by molar-refractivity contribution is 6.31. The van der Waals surface area contributed by atoms with Crippen molar-refractivity contribution in [3.63, 3.8) is 0 Å². The Balaban J connectivity index is 1.78. The van der Waals surface area contributed by atoms with Gasteiger partial charge in [-0.2, -0.15) is 23.4 Å². The van der Waals surface area contributed by atoms with E-state index in [9.17, 15) is 22.4 Å². The summed E-state index contributed by atoms with van der Waals surface area (Å²) < 4.78 is 58.2. The Kier molecular flexibility index (Phi) is 6.97. The zero-order valence-corrected chi connectivity index (χ0v) is 17.7. The van der Waals surface area contributed by atoms with Crippen molar-refractivity contribution in [2.24, 2.45) is 0 Å². The van der Waals surface area contributed by atoms with E-state index in [0.717, 1.165) is 4.80 Å². The van der Waals surface area contributed by atoms with Crippen LogP contribution in [0.4, 0.5) is 17.6 Å². The van der Waals surface area contributed by atoms with Crippen LogP contribution in [0.2, 0.25) is 5.02 Å². The molecule has 0 radical (unpaired) electrons. The first-order valence-corrected chi connectivity index (χ1v) is 9.83. The van der Waals surface area contributed by atoms with Crippen LogP contribution in [0.15, 0.2) is 42.9 Å². The Morgan fingerprint density at radius 1 is 1.28 bits per heavy atom. The van der Waals surface area contributed by atoms with Crippen molar-refractivity contribution in [2.45, 2.75) is 26.1 Å². The molecule has 1 unspecified atom stereocenters. The molecule has 0 bridgehead atoms. The van der Waals surface area contributed by atoms with Gasteiger partial charge in [-0.25, -0.2) is 9.37 Å². The predicted octanol–water partition coefficient (Wildman–Crippen LogP) is 4.40. The normalized spacial score (nSPS) is 12.5. The second-order valence-electron chi connectivity index (χ2n) is 6.71. The minimum Gasteiger partial charge on any atom is -0.474 e. The van der Waals surface area contributed by atoms with Crippen LogP contribution in [0, 0.1) is 5.82 Å². The largest absolute Gasteiger partial charge is 0.474 e. The fourth-order valence-corrected chi connectivity index (χ4v) is 3.23. The van der Waals surface area contributed by atoms with E-state index in [2.05, 4.69) is 15.2 Å². The molecule has 0 saturated carbocycles. The van der Waals surface area contributed by atoms with Gasteiger partial charge < -0.3 is 9.64 Å². The van der Waals surface area contributed by atoms with Crippen molar-refractivity contribution < 1.29 is 27.1 Å². The van der Waals surface area contributed by atoms with Gasteiger partial charge in [0, 0.05) is 12.7 Å². The van der Waals surface area contributed by atoms with Crippen molar-refractivity contribution in [1.82, 2.24) is 24.9 Å². The summed E-state index contributed by atoms with van der Waals surface area (Å²) in [4.78, 5) is 19.2. The van der Waals surface area contributed by atoms with Crippen molar-refractivity contribution >= 4 is 17.5 Å². The van der Waals surface area contributed by atoms with Crippen molar-refractivity contribution in [3.8, 4) is 11.6 Å². The maximum atomic E-state index is 14.5. The summed E-state index contributed by atoms with van der Waals surface area (Å²) >= 11 is 5.86. The van der Waals surface area contributed by atoms with E-state index >= 15 is 0 Å². The van der Waals surface area contributed by atoms with Crippen LogP contribution in [0.1, 0.15) is 29.8 Å². The average Bonchev–Trinajstić information content (AvgIpc) is 3.26. The Bertz CT molecular complexity index is 1090. The van der Waals surface area contributed by atoms with E-state index in [1.165, 1.54) is 35.5 Å². The molecule has 32 heavy (non-hydrogen) atoms. The van der Waals surface area contributed by atoms with Crippen molar-refractivity contribution in [3.05, 3.63) is 64.8 Å². The molecule has 1 aromatic carbocycles.